The van der Waals surface area contributed by atoms with Crippen LogP contribution in [0.3, 0.4) is 0 Å². The summed E-state index contributed by atoms with van der Waals surface area (Å²) in [5.41, 5.74) is 1.30. The summed E-state index contributed by atoms with van der Waals surface area (Å²) in [6.45, 7) is -2.91. The molecule has 0 fully saturated rings. The third-order valence-electron chi connectivity index (χ3n) is 3.75. The summed E-state index contributed by atoms with van der Waals surface area (Å²) in [4.78, 5) is 24.5. The molecule has 2 rings (SSSR count). The van der Waals surface area contributed by atoms with Crippen LogP contribution in [0, 0.1) is 0 Å². The van der Waals surface area contributed by atoms with Gasteiger partial charge in [0.25, 0.3) is 0 Å². The van der Waals surface area contributed by atoms with Crippen molar-refractivity contribution in [1.29, 1.82) is 0 Å². The molecule has 0 saturated heterocycles. The molecule has 1 atom stereocenters. The van der Waals surface area contributed by atoms with Crippen LogP contribution in [-0.4, -0.2) is 29.9 Å². The van der Waals surface area contributed by atoms with E-state index < -0.39 is 18.6 Å². The molecule has 0 spiro atoms. The Morgan fingerprint density at radius 3 is 2.26 bits per heavy atom. The van der Waals surface area contributed by atoms with Crippen molar-refractivity contribution in [3.63, 3.8) is 0 Å². The number of benzene rings is 2. The summed E-state index contributed by atoms with van der Waals surface area (Å²) in [6.07, 6.45) is 1.68. The zero-order valence-corrected chi connectivity index (χ0v) is 15.3. The second-order valence-electron chi connectivity index (χ2n) is 5.69. The summed E-state index contributed by atoms with van der Waals surface area (Å²) >= 11 is 1.56. The van der Waals surface area contributed by atoms with Crippen molar-refractivity contribution in [2.45, 2.75) is 30.4 Å². The molecular formula is C19H19F2NO4S. The number of carbonyl (C=O) groups excluding carboxylic acids is 1. The fourth-order valence-electron chi connectivity index (χ4n) is 2.48. The minimum atomic E-state index is -2.91. The van der Waals surface area contributed by atoms with Crippen molar-refractivity contribution in [3.05, 3.63) is 59.7 Å². The van der Waals surface area contributed by atoms with Crippen molar-refractivity contribution in [2.75, 3.05) is 6.26 Å². The molecule has 2 N–H and O–H groups in total. The Kier molecular flexibility index (Phi) is 7.60. The van der Waals surface area contributed by atoms with Gasteiger partial charge in [0.15, 0.2) is 0 Å². The van der Waals surface area contributed by atoms with Crippen molar-refractivity contribution < 1.29 is 28.2 Å². The predicted octanol–water partition coefficient (Wildman–Crippen LogP) is 3.88. The van der Waals surface area contributed by atoms with E-state index in [1.54, 1.807) is 23.9 Å². The SMILES string of the molecule is CSc1ccc(C(CC(=O)O)NC(=O)Cc2ccc(OC(F)F)cc2)cc1. The van der Waals surface area contributed by atoms with Gasteiger partial charge in [-0.3, -0.25) is 9.59 Å². The molecule has 1 unspecified atom stereocenters. The van der Waals surface area contributed by atoms with Crippen LogP contribution < -0.4 is 10.1 Å². The number of aliphatic carboxylic acids is 1. The number of thioether (sulfide) groups is 1. The zero-order chi connectivity index (χ0) is 19.8. The standard InChI is InChI=1S/C19H19F2NO4S/c1-27-15-8-4-13(5-9-15)16(11-18(24)25)22-17(23)10-12-2-6-14(7-3-12)26-19(20)21/h2-9,16,19H,10-11H2,1H3,(H,22,23)(H,24,25). The molecule has 144 valence electrons. The molecule has 27 heavy (non-hydrogen) atoms. The number of carboxylic acids is 1. The summed E-state index contributed by atoms with van der Waals surface area (Å²) in [6, 6.07) is 12.4. The third-order valence-corrected chi connectivity index (χ3v) is 4.49. The fraction of sp³-hybridized carbons (Fsp3) is 0.263. The first-order chi connectivity index (χ1) is 12.9. The first kappa shape index (κ1) is 20.7. The van der Waals surface area contributed by atoms with Gasteiger partial charge in [0.2, 0.25) is 5.91 Å². The van der Waals surface area contributed by atoms with Crippen LogP contribution in [0.2, 0.25) is 0 Å². The average molecular weight is 395 g/mol. The molecular weight excluding hydrogens is 376 g/mol. The Morgan fingerprint density at radius 1 is 1.11 bits per heavy atom. The van der Waals surface area contributed by atoms with E-state index >= 15 is 0 Å². The van der Waals surface area contributed by atoms with E-state index in [0.29, 0.717) is 11.1 Å². The van der Waals surface area contributed by atoms with Gasteiger partial charge in [0.05, 0.1) is 18.9 Å². The lowest BCUT2D eigenvalue weighted by atomic mass is 10.0. The Balaban J connectivity index is 2.03. The number of alkyl halides is 2. The van der Waals surface area contributed by atoms with Crippen molar-refractivity contribution in [3.8, 4) is 5.75 Å². The topological polar surface area (TPSA) is 75.6 Å². The van der Waals surface area contributed by atoms with Crippen LogP contribution in [0.25, 0.3) is 0 Å². The maximum absolute atomic E-state index is 12.3. The highest BCUT2D eigenvalue weighted by atomic mass is 32.2. The Hall–Kier alpha value is -2.61. The molecule has 2 aromatic carbocycles. The fourth-order valence-corrected chi connectivity index (χ4v) is 2.89. The van der Waals surface area contributed by atoms with Crippen molar-refractivity contribution in [1.82, 2.24) is 5.32 Å². The second-order valence-corrected chi connectivity index (χ2v) is 6.57. The predicted molar refractivity (Wildman–Crippen MR) is 98.1 cm³/mol. The van der Waals surface area contributed by atoms with Gasteiger partial charge in [0, 0.05) is 4.90 Å². The molecule has 0 aliphatic carbocycles. The molecule has 0 saturated carbocycles. The van der Waals surface area contributed by atoms with Gasteiger partial charge in [-0.2, -0.15) is 8.78 Å². The number of hydrogen-bond donors (Lipinski definition) is 2. The van der Waals surface area contributed by atoms with Crippen LogP contribution >= 0.6 is 11.8 Å². The summed E-state index contributed by atoms with van der Waals surface area (Å²) in [7, 11) is 0. The quantitative estimate of drug-likeness (QED) is 0.630. The first-order valence-corrected chi connectivity index (χ1v) is 9.28. The molecule has 0 aliphatic heterocycles. The van der Waals surface area contributed by atoms with Crippen LogP contribution in [0.5, 0.6) is 5.75 Å². The molecule has 0 radical (unpaired) electrons. The smallest absolute Gasteiger partial charge is 0.387 e. The van der Waals surface area contributed by atoms with E-state index in [1.165, 1.54) is 24.3 Å². The van der Waals surface area contributed by atoms with Crippen LogP contribution in [0.15, 0.2) is 53.4 Å². The lowest BCUT2D eigenvalue weighted by Crippen LogP contribution is -2.31. The molecule has 2 aromatic rings. The van der Waals surface area contributed by atoms with Gasteiger partial charge >= 0.3 is 12.6 Å². The van der Waals surface area contributed by atoms with Crippen molar-refractivity contribution >= 4 is 23.6 Å². The average Bonchev–Trinajstić information content (AvgIpc) is 2.62. The van der Waals surface area contributed by atoms with Gasteiger partial charge < -0.3 is 15.2 Å². The third kappa shape index (κ3) is 6.90. The summed E-state index contributed by atoms with van der Waals surface area (Å²) in [5, 5.41) is 11.8. The highest BCUT2D eigenvalue weighted by Crippen LogP contribution is 2.22. The maximum Gasteiger partial charge on any atom is 0.387 e. The van der Waals surface area contributed by atoms with Crippen LogP contribution in [-0.2, 0) is 16.0 Å². The van der Waals surface area contributed by atoms with Crippen molar-refractivity contribution in [2.24, 2.45) is 0 Å². The zero-order valence-electron chi connectivity index (χ0n) is 14.5. The van der Waals surface area contributed by atoms with E-state index in [-0.39, 0.29) is 24.5 Å². The van der Waals surface area contributed by atoms with E-state index in [4.69, 9.17) is 5.11 Å². The molecule has 0 aliphatic rings. The molecule has 1 amide bonds. The van der Waals surface area contributed by atoms with Gasteiger partial charge in [0.1, 0.15) is 5.75 Å². The number of halogens is 2. The highest BCUT2D eigenvalue weighted by Gasteiger charge is 2.18. The number of rotatable bonds is 9. The van der Waals surface area contributed by atoms with Crippen LogP contribution in [0.1, 0.15) is 23.6 Å². The monoisotopic (exact) mass is 395 g/mol. The first-order valence-electron chi connectivity index (χ1n) is 8.06. The molecule has 5 nitrogen and oxygen atoms in total. The largest absolute Gasteiger partial charge is 0.481 e. The van der Waals surface area contributed by atoms with E-state index in [2.05, 4.69) is 10.1 Å². The minimum Gasteiger partial charge on any atom is -0.481 e. The van der Waals surface area contributed by atoms with Crippen LogP contribution in [0.4, 0.5) is 8.78 Å². The van der Waals surface area contributed by atoms with E-state index in [0.717, 1.165) is 4.90 Å². The molecule has 0 bridgehead atoms. The number of carboxylic acid groups (broad SMARTS) is 1. The Labute approximate surface area is 159 Å². The van der Waals surface area contributed by atoms with Gasteiger partial charge in [-0.15, -0.1) is 11.8 Å². The van der Waals surface area contributed by atoms with E-state index in [9.17, 15) is 18.4 Å². The van der Waals surface area contributed by atoms with Gasteiger partial charge in [-0.05, 0) is 41.6 Å². The Morgan fingerprint density at radius 2 is 1.74 bits per heavy atom. The van der Waals surface area contributed by atoms with Gasteiger partial charge in [-0.1, -0.05) is 24.3 Å². The number of carbonyl (C=O) groups is 2. The van der Waals surface area contributed by atoms with E-state index in [1.807, 2.05) is 18.4 Å². The lowest BCUT2D eigenvalue weighted by Gasteiger charge is -2.18. The normalized spacial score (nSPS) is 11.9. The molecule has 0 heterocycles. The highest BCUT2D eigenvalue weighted by molar-refractivity contribution is 7.98. The maximum atomic E-state index is 12.3. The number of hydrogen-bond acceptors (Lipinski definition) is 4. The second kappa shape index (κ2) is 9.91. The number of ether oxygens (including phenoxy) is 1. The lowest BCUT2D eigenvalue weighted by molar-refractivity contribution is -0.137. The summed E-state index contributed by atoms with van der Waals surface area (Å²) < 4.78 is 28.6. The Bertz CT molecular complexity index is 766. The molecule has 0 aromatic heterocycles. The number of nitrogens with one attached hydrogen (secondary N) is 1. The summed E-state index contributed by atoms with van der Waals surface area (Å²) in [5.74, 6) is -1.38. The molecule has 8 heteroatoms. The number of amides is 1. The van der Waals surface area contributed by atoms with Gasteiger partial charge in [-0.25, -0.2) is 0 Å². The minimum absolute atomic E-state index is 0.00598.